The van der Waals surface area contributed by atoms with Crippen molar-refractivity contribution in [1.82, 2.24) is 15.2 Å². The third kappa shape index (κ3) is 3.19. The van der Waals surface area contributed by atoms with Crippen molar-refractivity contribution >= 4 is 23.2 Å². The molecule has 3 fully saturated rings. The number of hydrogen-bond donors (Lipinski definition) is 1. The zero-order valence-corrected chi connectivity index (χ0v) is 14.7. The van der Waals surface area contributed by atoms with Gasteiger partial charge in [-0.2, -0.15) is 0 Å². The Morgan fingerprint density at radius 3 is 2.92 bits per heavy atom. The molecule has 0 radical (unpaired) electrons. The van der Waals surface area contributed by atoms with Crippen LogP contribution in [0.1, 0.15) is 34.8 Å². The molecule has 1 aliphatic carbocycles. The van der Waals surface area contributed by atoms with Crippen molar-refractivity contribution < 1.29 is 14.3 Å². The maximum absolute atomic E-state index is 12.7. The largest absolute Gasteiger partial charge is 0.376 e. The Bertz CT molecular complexity index is 643. The summed E-state index contributed by atoms with van der Waals surface area (Å²) >= 11 is 1.47. The number of fused-ring (bicyclic) bond motifs is 1. The number of aromatic nitrogens is 1. The Balaban J connectivity index is 1.47. The van der Waals surface area contributed by atoms with Crippen LogP contribution in [-0.2, 0) is 9.53 Å². The summed E-state index contributed by atoms with van der Waals surface area (Å²) in [6, 6.07) is 0. The highest BCUT2D eigenvalue weighted by Crippen LogP contribution is 2.35. The minimum absolute atomic E-state index is 0.0286. The van der Waals surface area contributed by atoms with E-state index in [1.807, 2.05) is 6.92 Å². The van der Waals surface area contributed by atoms with Gasteiger partial charge in [-0.15, -0.1) is 11.3 Å². The molecule has 4 rings (SSSR count). The van der Waals surface area contributed by atoms with E-state index in [0.717, 1.165) is 18.0 Å². The van der Waals surface area contributed by atoms with Crippen LogP contribution in [0.4, 0.5) is 0 Å². The molecule has 2 saturated heterocycles. The molecule has 1 N–H and O–H groups in total. The predicted molar refractivity (Wildman–Crippen MR) is 89.8 cm³/mol. The molecule has 6 nitrogen and oxygen atoms in total. The van der Waals surface area contributed by atoms with Crippen LogP contribution in [0, 0.1) is 24.7 Å². The lowest BCUT2D eigenvalue weighted by Crippen LogP contribution is -2.54. The smallest absolute Gasteiger partial charge is 0.273 e. The first-order chi connectivity index (χ1) is 11.6. The second-order valence-electron chi connectivity index (χ2n) is 7.12. The summed E-state index contributed by atoms with van der Waals surface area (Å²) in [5.74, 6) is 0.700. The van der Waals surface area contributed by atoms with E-state index >= 15 is 0 Å². The van der Waals surface area contributed by atoms with Gasteiger partial charge in [0.2, 0.25) is 5.91 Å². The van der Waals surface area contributed by atoms with Crippen LogP contribution in [-0.4, -0.2) is 54.0 Å². The van der Waals surface area contributed by atoms with Crippen LogP contribution < -0.4 is 5.32 Å². The third-order valence-corrected chi connectivity index (χ3v) is 6.09. The van der Waals surface area contributed by atoms with E-state index in [9.17, 15) is 9.59 Å². The number of likely N-dealkylation sites (tertiary alicyclic amines) is 1. The van der Waals surface area contributed by atoms with Crippen molar-refractivity contribution in [2.75, 3.05) is 26.2 Å². The molecule has 7 heteroatoms. The van der Waals surface area contributed by atoms with E-state index in [1.165, 1.54) is 24.2 Å². The number of rotatable bonds is 4. The number of nitrogens with one attached hydrogen (secondary N) is 1. The SMILES string of the molecule is Cc1nc(C(=O)N2C[C@H](C(=O)NCC3CC3)[C@@H]3CCO[C@@H]3C2)cs1. The molecule has 3 aliphatic rings. The average molecular weight is 349 g/mol. The van der Waals surface area contributed by atoms with Crippen molar-refractivity contribution in [2.45, 2.75) is 32.3 Å². The van der Waals surface area contributed by atoms with E-state index < -0.39 is 0 Å². The molecule has 1 aromatic heterocycles. The Labute approximate surface area is 145 Å². The van der Waals surface area contributed by atoms with Crippen molar-refractivity contribution in [3.05, 3.63) is 16.1 Å². The molecule has 0 bridgehead atoms. The van der Waals surface area contributed by atoms with Gasteiger partial charge in [0.15, 0.2) is 0 Å². The summed E-state index contributed by atoms with van der Waals surface area (Å²) in [5.41, 5.74) is 0.478. The molecule has 0 unspecified atom stereocenters. The zero-order valence-electron chi connectivity index (χ0n) is 13.9. The molecule has 3 atom stereocenters. The summed E-state index contributed by atoms with van der Waals surface area (Å²) in [4.78, 5) is 31.4. The lowest BCUT2D eigenvalue weighted by molar-refractivity contribution is -0.130. The summed E-state index contributed by atoms with van der Waals surface area (Å²) in [7, 11) is 0. The molecule has 2 amide bonds. The quantitative estimate of drug-likeness (QED) is 0.893. The van der Waals surface area contributed by atoms with Crippen molar-refractivity contribution in [1.29, 1.82) is 0 Å². The molecule has 1 saturated carbocycles. The standard InChI is InChI=1S/C17H23N3O3S/c1-10-19-14(9-24-10)17(22)20-7-13(12-4-5-23-15(12)8-20)16(21)18-6-11-2-3-11/h9,11-13,15H,2-8H2,1H3,(H,18,21)/t12-,13-,15+/m0/s1. The first-order valence-corrected chi connectivity index (χ1v) is 9.60. The highest BCUT2D eigenvalue weighted by Gasteiger charge is 2.45. The van der Waals surface area contributed by atoms with Crippen LogP contribution in [0.3, 0.4) is 0 Å². The highest BCUT2D eigenvalue weighted by atomic mass is 32.1. The molecule has 2 aliphatic heterocycles. The number of carbonyl (C=O) groups excluding carboxylic acids is 2. The molecule has 0 aromatic carbocycles. The lowest BCUT2D eigenvalue weighted by atomic mass is 9.82. The fourth-order valence-corrected chi connectivity index (χ4v) is 4.33. The predicted octanol–water partition coefficient (Wildman–Crippen LogP) is 1.45. The number of nitrogens with zero attached hydrogens (tertiary/aromatic N) is 2. The molecule has 130 valence electrons. The number of amides is 2. The highest BCUT2D eigenvalue weighted by molar-refractivity contribution is 7.09. The molecule has 24 heavy (non-hydrogen) atoms. The molecule has 3 heterocycles. The fraction of sp³-hybridized carbons (Fsp3) is 0.706. The number of hydrogen-bond acceptors (Lipinski definition) is 5. The minimum atomic E-state index is -0.173. The molecule has 0 spiro atoms. The second kappa shape index (κ2) is 6.44. The van der Waals surface area contributed by atoms with Crippen LogP contribution in [0.2, 0.25) is 0 Å². The summed E-state index contributed by atoms with van der Waals surface area (Å²) in [6.07, 6.45) is 3.31. The average Bonchev–Trinajstić information content (AvgIpc) is 3.11. The lowest BCUT2D eigenvalue weighted by Gasteiger charge is -2.39. The Kier molecular flexibility index (Phi) is 4.30. The molecular weight excluding hydrogens is 326 g/mol. The number of piperidine rings is 1. The van der Waals surface area contributed by atoms with Crippen LogP contribution in [0.25, 0.3) is 0 Å². The minimum Gasteiger partial charge on any atom is -0.376 e. The second-order valence-corrected chi connectivity index (χ2v) is 8.18. The van der Waals surface area contributed by atoms with Crippen LogP contribution in [0.5, 0.6) is 0 Å². The van der Waals surface area contributed by atoms with Gasteiger partial charge in [-0.25, -0.2) is 4.98 Å². The summed E-state index contributed by atoms with van der Waals surface area (Å²) < 4.78 is 5.81. The van der Waals surface area contributed by atoms with Gasteiger partial charge in [0, 0.05) is 37.5 Å². The van der Waals surface area contributed by atoms with Gasteiger partial charge in [-0.1, -0.05) is 0 Å². The number of carbonyl (C=O) groups is 2. The van der Waals surface area contributed by atoms with Gasteiger partial charge in [0.1, 0.15) is 5.69 Å². The molecule has 1 aromatic rings. The van der Waals surface area contributed by atoms with Gasteiger partial charge < -0.3 is 15.0 Å². The van der Waals surface area contributed by atoms with Crippen molar-refractivity contribution in [3.8, 4) is 0 Å². The van der Waals surface area contributed by atoms with Crippen molar-refractivity contribution in [2.24, 2.45) is 17.8 Å². The van der Waals surface area contributed by atoms with Gasteiger partial charge in [-0.05, 0) is 32.1 Å². The maximum atomic E-state index is 12.7. The monoisotopic (exact) mass is 349 g/mol. The first-order valence-electron chi connectivity index (χ1n) is 8.72. The summed E-state index contributed by atoms with van der Waals surface area (Å²) in [5, 5.41) is 5.76. The van der Waals surface area contributed by atoms with Gasteiger partial charge in [-0.3, -0.25) is 9.59 Å². The Morgan fingerprint density at radius 1 is 1.38 bits per heavy atom. The number of aryl methyl sites for hydroxylation is 1. The zero-order chi connectivity index (χ0) is 16.7. The number of ether oxygens (including phenoxy) is 1. The summed E-state index contributed by atoms with van der Waals surface area (Å²) in [6.45, 7) is 4.37. The van der Waals surface area contributed by atoms with E-state index in [2.05, 4.69) is 10.3 Å². The Hall–Kier alpha value is -1.47. The van der Waals surface area contributed by atoms with Gasteiger partial charge in [0.05, 0.1) is 17.0 Å². The normalized spacial score (nSPS) is 29.4. The number of thiazole rings is 1. The van der Waals surface area contributed by atoms with Crippen molar-refractivity contribution in [3.63, 3.8) is 0 Å². The topological polar surface area (TPSA) is 71.5 Å². The fourth-order valence-electron chi connectivity index (χ4n) is 3.74. The van der Waals surface area contributed by atoms with Gasteiger partial charge >= 0.3 is 0 Å². The van der Waals surface area contributed by atoms with E-state index in [4.69, 9.17) is 4.74 Å². The van der Waals surface area contributed by atoms with Crippen LogP contribution in [0.15, 0.2) is 5.38 Å². The third-order valence-electron chi connectivity index (χ3n) is 5.32. The van der Waals surface area contributed by atoms with Gasteiger partial charge in [0.25, 0.3) is 5.91 Å². The maximum Gasteiger partial charge on any atom is 0.273 e. The Morgan fingerprint density at radius 2 is 2.21 bits per heavy atom. The first kappa shape index (κ1) is 16.0. The van der Waals surface area contributed by atoms with E-state index in [-0.39, 0.29) is 29.8 Å². The van der Waals surface area contributed by atoms with E-state index in [0.29, 0.717) is 31.3 Å². The van der Waals surface area contributed by atoms with E-state index in [1.54, 1.807) is 10.3 Å². The molecular formula is C17H23N3O3S. The van der Waals surface area contributed by atoms with Crippen LogP contribution >= 0.6 is 11.3 Å².